The van der Waals surface area contributed by atoms with E-state index in [0.717, 1.165) is 18.5 Å². The van der Waals surface area contributed by atoms with Gasteiger partial charge in [-0.3, -0.25) is 9.48 Å². The van der Waals surface area contributed by atoms with Gasteiger partial charge in [0, 0.05) is 31.9 Å². The van der Waals surface area contributed by atoms with E-state index in [-0.39, 0.29) is 11.3 Å². The lowest BCUT2D eigenvalue weighted by molar-refractivity contribution is 0.0777. The Bertz CT molecular complexity index is 742. The van der Waals surface area contributed by atoms with Gasteiger partial charge in [0.1, 0.15) is 5.69 Å². The van der Waals surface area contributed by atoms with Crippen LogP contribution in [0.1, 0.15) is 23.7 Å². The zero-order valence-corrected chi connectivity index (χ0v) is 14.2. The Kier molecular flexibility index (Phi) is 4.17. The first kappa shape index (κ1) is 16.0. The van der Waals surface area contributed by atoms with Gasteiger partial charge in [0.2, 0.25) is 0 Å². The standard InChI is InChI=1S/C17H21ClN4O/c1-17(10-19)7-8-22(11-17)16(23)13-9-21(2)20-15(13)12-5-3-4-6-14(12)18/h3-6,9H,7-8,10-11,19H2,1-2H3. The van der Waals surface area contributed by atoms with Gasteiger partial charge in [-0.1, -0.05) is 36.7 Å². The van der Waals surface area contributed by atoms with Crippen LogP contribution in [0.15, 0.2) is 30.5 Å². The molecule has 6 heteroatoms. The van der Waals surface area contributed by atoms with E-state index in [1.54, 1.807) is 16.9 Å². The highest BCUT2D eigenvalue weighted by atomic mass is 35.5. The second-order valence-electron chi connectivity index (χ2n) is 6.54. The van der Waals surface area contributed by atoms with Crippen molar-refractivity contribution in [3.05, 3.63) is 41.0 Å². The summed E-state index contributed by atoms with van der Waals surface area (Å²) in [5.74, 6) is -0.00908. The molecule has 5 nitrogen and oxygen atoms in total. The van der Waals surface area contributed by atoms with Crippen LogP contribution in [-0.2, 0) is 7.05 Å². The number of carbonyl (C=O) groups excluding carboxylic acids is 1. The Hall–Kier alpha value is -1.85. The van der Waals surface area contributed by atoms with Crippen molar-refractivity contribution in [1.82, 2.24) is 14.7 Å². The molecule has 1 aromatic carbocycles. The fourth-order valence-electron chi connectivity index (χ4n) is 3.03. The number of rotatable bonds is 3. The van der Waals surface area contributed by atoms with Crippen LogP contribution in [0.2, 0.25) is 5.02 Å². The highest BCUT2D eigenvalue weighted by Gasteiger charge is 2.36. The van der Waals surface area contributed by atoms with Gasteiger partial charge in [-0.25, -0.2) is 0 Å². The van der Waals surface area contributed by atoms with Crippen molar-refractivity contribution in [2.24, 2.45) is 18.2 Å². The number of amides is 1. The molecule has 2 aromatic rings. The summed E-state index contributed by atoms with van der Waals surface area (Å²) in [6.45, 7) is 4.11. The fraction of sp³-hybridized carbons (Fsp3) is 0.412. The first-order valence-corrected chi connectivity index (χ1v) is 8.09. The SMILES string of the molecule is Cn1cc(C(=O)N2CCC(C)(CN)C2)c(-c2ccccc2Cl)n1. The van der Waals surface area contributed by atoms with Crippen molar-refractivity contribution in [3.63, 3.8) is 0 Å². The number of halogens is 1. The number of hydrogen-bond donors (Lipinski definition) is 1. The molecule has 0 aliphatic carbocycles. The van der Waals surface area contributed by atoms with Crippen LogP contribution in [0.4, 0.5) is 0 Å². The summed E-state index contributed by atoms with van der Waals surface area (Å²) in [5.41, 5.74) is 7.84. The number of aromatic nitrogens is 2. The summed E-state index contributed by atoms with van der Waals surface area (Å²) < 4.78 is 1.66. The Labute approximate surface area is 141 Å². The van der Waals surface area contributed by atoms with Crippen LogP contribution >= 0.6 is 11.6 Å². The van der Waals surface area contributed by atoms with Gasteiger partial charge in [-0.15, -0.1) is 0 Å². The minimum absolute atomic E-state index is 0.00240. The minimum Gasteiger partial charge on any atom is -0.338 e. The Morgan fingerprint density at radius 2 is 2.17 bits per heavy atom. The largest absolute Gasteiger partial charge is 0.338 e. The molecule has 23 heavy (non-hydrogen) atoms. The molecule has 0 radical (unpaired) electrons. The number of carbonyl (C=O) groups is 1. The zero-order valence-electron chi connectivity index (χ0n) is 13.4. The monoisotopic (exact) mass is 332 g/mol. The van der Waals surface area contributed by atoms with Crippen molar-refractivity contribution in [3.8, 4) is 11.3 Å². The molecule has 1 aromatic heterocycles. The number of hydrogen-bond acceptors (Lipinski definition) is 3. The van der Waals surface area contributed by atoms with Gasteiger partial charge < -0.3 is 10.6 Å². The molecule has 2 heterocycles. The second kappa shape index (κ2) is 5.98. The van der Waals surface area contributed by atoms with Crippen molar-refractivity contribution >= 4 is 17.5 Å². The van der Waals surface area contributed by atoms with Gasteiger partial charge in [0.05, 0.1) is 10.6 Å². The molecule has 0 bridgehead atoms. The molecule has 122 valence electrons. The number of nitrogens with zero attached hydrogens (tertiary/aromatic N) is 3. The van der Waals surface area contributed by atoms with E-state index in [9.17, 15) is 4.79 Å². The zero-order chi connectivity index (χ0) is 16.6. The number of aryl methyl sites for hydroxylation is 1. The molecule has 0 saturated carbocycles. The smallest absolute Gasteiger partial charge is 0.257 e. The normalized spacial score (nSPS) is 21.0. The first-order valence-electron chi connectivity index (χ1n) is 7.71. The van der Waals surface area contributed by atoms with E-state index in [0.29, 0.717) is 29.4 Å². The fourth-order valence-corrected chi connectivity index (χ4v) is 3.26. The molecule has 1 saturated heterocycles. The van der Waals surface area contributed by atoms with E-state index in [4.69, 9.17) is 17.3 Å². The van der Waals surface area contributed by atoms with Gasteiger partial charge >= 0.3 is 0 Å². The molecular weight excluding hydrogens is 312 g/mol. The van der Waals surface area contributed by atoms with E-state index in [1.807, 2.05) is 30.1 Å². The molecule has 3 rings (SSSR count). The first-order chi connectivity index (χ1) is 10.9. The van der Waals surface area contributed by atoms with E-state index < -0.39 is 0 Å². The van der Waals surface area contributed by atoms with Crippen molar-refractivity contribution in [1.29, 1.82) is 0 Å². The van der Waals surface area contributed by atoms with Crippen LogP contribution in [0.3, 0.4) is 0 Å². The predicted molar refractivity (Wildman–Crippen MR) is 91.3 cm³/mol. The minimum atomic E-state index is -0.00908. The van der Waals surface area contributed by atoms with Crippen LogP contribution in [-0.4, -0.2) is 40.2 Å². The molecular formula is C17H21ClN4O. The molecule has 2 N–H and O–H groups in total. The summed E-state index contributed by atoms with van der Waals surface area (Å²) in [5, 5.41) is 5.04. The molecule has 1 aliphatic rings. The lowest BCUT2D eigenvalue weighted by Gasteiger charge is -2.22. The summed E-state index contributed by atoms with van der Waals surface area (Å²) in [7, 11) is 1.81. The number of likely N-dealkylation sites (tertiary alicyclic amines) is 1. The van der Waals surface area contributed by atoms with Gasteiger partial charge in [0.15, 0.2) is 0 Å². The summed E-state index contributed by atoms with van der Waals surface area (Å²) in [6, 6.07) is 7.45. The number of nitrogens with two attached hydrogens (primary N) is 1. The highest BCUT2D eigenvalue weighted by Crippen LogP contribution is 2.33. The van der Waals surface area contributed by atoms with Crippen LogP contribution in [0.25, 0.3) is 11.3 Å². The van der Waals surface area contributed by atoms with E-state index in [2.05, 4.69) is 12.0 Å². The molecule has 0 spiro atoms. The van der Waals surface area contributed by atoms with E-state index >= 15 is 0 Å². The Morgan fingerprint density at radius 3 is 2.83 bits per heavy atom. The molecule has 1 fully saturated rings. The maximum absolute atomic E-state index is 13.0. The lowest BCUT2D eigenvalue weighted by Crippen LogP contribution is -2.34. The maximum Gasteiger partial charge on any atom is 0.257 e. The summed E-state index contributed by atoms with van der Waals surface area (Å²) in [6.07, 6.45) is 2.69. The predicted octanol–water partition coefficient (Wildman–Crippen LogP) is 2.55. The topological polar surface area (TPSA) is 64.2 Å². The Balaban J connectivity index is 1.95. The maximum atomic E-state index is 13.0. The molecule has 1 aliphatic heterocycles. The molecule has 1 amide bonds. The quantitative estimate of drug-likeness (QED) is 0.939. The van der Waals surface area contributed by atoms with Crippen molar-refractivity contribution in [2.45, 2.75) is 13.3 Å². The van der Waals surface area contributed by atoms with Crippen LogP contribution < -0.4 is 5.73 Å². The molecule has 1 atom stereocenters. The third-order valence-electron chi connectivity index (χ3n) is 4.53. The molecule has 1 unspecified atom stereocenters. The van der Waals surface area contributed by atoms with Gasteiger partial charge in [0.25, 0.3) is 5.91 Å². The third-order valence-corrected chi connectivity index (χ3v) is 4.86. The van der Waals surface area contributed by atoms with Crippen LogP contribution in [0.5, 0.6) is 0 Å². The summed E-state index contributed by atoms with van der Waals surface area (Å²) in [4.78, 5) is 14.8. The van der Waals surface area contributed by atoms with E-state index in [1.165, 1.54) is 0 Å². The summed E-state index contributed by atoms with van der Waals surface area (Å²) >= 11 is 6.28. The average molecular weight is 333 g/mol. The second-order valence-corrected chi connectivity index (χ2v) is 6.94. The number of benzene rings is 1. The lowest BCUT2D eigenvalue weighted by atomic mass is 9.90. The highest BCUT2D eigenvalue weighted by molar-refractivity contribution is 6.33. The van der Waals surface area contributed by atoms with Crippen LogP contribution in [0, 0.1) is 5.41 Å². The van der Waals surface area contributed by atoms with Crippen molar-refractivity contribution in [2.75, 3.05) is 19.6 Å². The third kappa shape index (κ3) is 2.99. The van der Waals surface area contributed by atoms with Gasteiger partial charge in [-0.05, 0) is 24.4 Å². The Morgan fingerprint density at radius 1 is 1.43 bits per heavy atom. The average Bonchev–Trinajstić information content (AvgIpc) is 3.11. The van der Waals surface area contributed by atoms with Gasteiger partial charge in [-0.2, -0.15) is 5.10 Å². The van der Waals surface area contributed by atoms with Crippen molar-refractivity contribution < 1.29 is 4.79 Å².